The second-order valence-electron chi connectivity index (χ2n) is 6.18. The van der Waals surface area contributed by atoms with Crippen LogP contribution >= 0.6 is 11.8 Å². The Labute approximate surface area is 118 Å². The van der Waals surface area contributed by atoms with Crippen molar-refractivity contribution in [2.24, 2.45) is 5.92 Å². The summed E-state index contributed by atoms with van der Waals surface area (Å²) in [6.45, 7) is 15.3. The number of hydrogen-bond donors (Lipinski definition) is 1. The lowest BCUT2D eigenvalue weighted by Gasteiger charge is -2.37. The third-order valence-electron chi connectivity index (χ3n) is 4.08. The molecule has 108 valence electrons. The van der Waals surface area contributed by atoms with Gasteiger partial charge in [0.2, 0.25) is 0 Å². The van der Waals surface area contributed by atoms with Crippen molar-refractivity contribution in [2.45, 2.75) is 64.8 Å². The van der Waals surface area contributed by atoms with Crippen molar-refractivity contribution in [3.63, 3.8) is 0 Å². The normalized spacial score (nSPS) is 27.7. The first-order valence-electron chi connectivity index (χ1n) is 7.59. The van der Waals surface area contributed by atoms with Gasteiger partial charge in [0.25, 0.3) is 0 Å². The van der Waals surface area contributed by atoms with Crippen molar-refractivity contribution >= 4 is 11.8 Å². The first-order valence-corrected chi connectivity index (χ1v) is 8.64. The molecule has 0 saturated carbocycles. The highest BCUT2D eigenvalue weighted by Crippen LogP contribution is 2.23. The third-order valence-corrected chi connectivity index (χ3v) is 5.42. The second kappa shape index (κ2) is 8.44. The second-order valence-corrected chi connectivity index (χ2v) is 7.66. The molecule has 0 aromatic carbocycles. The van der Waals surface area contributed by atoms with Crippen molar-refractivity contribution < 1.29 is 0 Å². The lowest BCUT2D eigenvalue weighted by Crippen LogP contribution is -2.47. The van der Waals surface area contributed by atoms with Crippen LogP contribution in [0.4, 0.5) is 0 Å². The first kappa shape index (κ1) is 16.3. The Bertz CT molecular complexity index is 221. The van der Waals surface area contributed by atoms with Crippen molar-refractivity contribution in [1.82, 2.24) is 10.2 Å². The van der Waals surface area contributed by atoms with Gasteiger partial charge in [-0.3, -0.25) is 4.90 Å². The number of nitrogens with zero attached hydrogens (tertiary/aromatic N) is 1. The molecule has 18 heavy (non-hydrogen) atoms. The minimum Gasteiger partial charge on any atom is -0.313 e. The third kappa shape index (κ3) is 5.94. The van der Waals surface area contributed by atoms with Gasteiger partial charge in [-0.2, -0.15) is 11.8 Å². The lowest BCUT2D eigenvalue weighted by atomic mass is 10.0. The van der Waals surface area contributed by atoms with Gasteiger partial charge in [-0.1, -0.05) is 20.8 Å². The minimum atomic E-state index is 0.666. The van der Waals surface area contributed by atoms with E-state index in [-0.39, 0.29) is 0 Å². The molecule has 0 bridgehead atoms. The van der Waals surface area contributed by atoms with Crippen LogP contribution in [0.2, 0.25) is 0 Å². The van der Waals surface area contributed by atoms with Gasteiger partial charge < -0.3 is 5.32 Å². The molecule has 2 nitrogen and oxygen atoms in total. The molecule has 1 fully saturated rings. The molecule has 0 amide bonds. The topological polar surface area (TPSA) is 15.3 Å². The van der Waals surface area contributed by atoms with E-state index in [9.17, 15) is 0 Å². The standard InChI is InChI=1S/C15H32N2S/c1-12(2)6-7-13(3)16-8-9-17-10-11-18-15(5)14(17)4/h12-16H,6-11H2,1-5H3. The van der Waals surface area contributed by atoms with E-state index in [0.717, 1.165) is 23.8 Å². The van der Waals surface area contributed by atoms with Crippen molar-refractivity contribution in [2.75, 3.05) is 25.4 Å². The van der Waals surface area contributed by atoms with Gasteiger partial charge in [0.05, 0.1) is 0 Å². The average Bonchev–Trinajstić information content (AvgIpc) is 2.32. The molecular weight excluding hydrogens is 240 g/mol. The predicted molar refractivity (Wildman–Crippen MR) is 84.5 cm³/mol. The Morgan fingerprint density at radius 3 is 2.61 bits per heavy atom. The molecule has 1 rings (SSSR count). The van der Waals surface area contributed by atoms with Crippen LogP contribution in [0.15, 0.2) is 0 Å². The summed E-state index contributed by atoms with van der Waals surface area (Å²) in [5.74, 6) is 2.13. The molecule has 1 N–H and O–H groups in total. The summed E-state index contributed by atoms with van der Waals surface area (Å²) < 4.78 is 0. The van der Waals surface area contributed by atoms with E-state index in [4.69, 9.17) is 0 Å². The molecule has 1 saturated heterocycles. The maximum absolute atomic E-state index is 3.67. The smallest absolute Gasteiger partial charge is 0.0184 e. The highest BCUT2D eigenvalue weighted by molar-refractivity contribution is 8.00. The number of rotatable bonds is 7. The Hall–Kier alpha value is 0.270. The van der Waals surface area contributed by atoms with E-state index in [1.54, 1.807) is 0 Å². The molecule has 0 aromatic heterocycles. The Morgan fingerprint density at radius 2 is 1.94 bits per heavy atom. The number of thioether (sulfide) groups is 1. The van der Waals surface area contributed by atoms with E-state index in [1.807, 2.05) is 0 Å². The Morgan fingerprint density at radius 1 is 1.22 bits per heavy atom. The average molecular weight is 273 g/mol. The van der Waals surface area contributed by atoms with E-state index in [2.05, 4.69) is 56.6 Å². The van der Waals surface area contributed by atoms with Crippen LogP contribution in [-0.2, 0) is 0 Å². The zero-order valence-corrected chi connectivity index (χ0v) is 13.7. The zero-order valence-electron chi connectivity index (χ0n) is 12.9. The molecule has 0 spiro atoms. The summed E-state index contributed by atoms with van der Waals surface area (Å²) in [5, 5.41) is 4.46. The van der Waals surface area contributed by atoms with Crippen molar-refractivity contribution in [3.05, 3.63) is 0 Å². The fourth-order valence-electron chi connectivity index (χ4n) is 2.45. The summed E-state index contributed by atoms with van der Waals surface area (Å²) in [6, 6.07) is 1.40. The van der Waals surface area contributed by atoms with Gasteiger partial charge in [0, 0.05) is 42.7 Å². The molecule has 1 heterocycles. The molecule has 0 aromatic rings. The fraction of sp³-hybridized carbons (Fsp3) is 1.00. The summed E-state index contributed by atoms with van der Waals surface area (Å²) in [6.07, 6.45) is 2.64. The largest absolute Gasteiger partial charge is 0.313 e. The van der Waals surface area contributed by atoms with E-state index in [1.165, 1.54) is 31.7 Å². The van der Waals surface area contributed by atoms with Crippen LogP contribution in [0.1, 0.15) is 47.5 Å². The van der Waals surface area contributed by atoms with Crippen LogP contribution in [0.3, 0.4) is 0 Å². The summed E-state index contributed by atoms with van der Waals surface area (Å²) >= 11 is 2.12. The van der Waals surface area contributed by atoms with Gasteiger partial charge >= 0.3 is 0 Å². The zero-order chi connectivity index (χ0) is 13.5. The molecule has 3 heteroatoms. The quantitative estimate of drug-likeness (QED) is 0.766. The number of nitrogens with one attached hydrogen (secondary N) is 1. The highest BCUT2D eigenvalue weighted by atomic mass is 32.2. The molecule has 1 aliphatic rings. The van der Waals surface area contributed by atoms with Gasteiger partial charge in [0.15, 0.2) is 0 Å². The maximum Gasteiger partial charge on any atom is 0.0184 e. The van der Waals surface area contributed by atoms with Crippen molar-refractivity contribution in [3.8, 4) is 0 Å². The van der Waals surface area contributed by atoms with Crippen molar-refractivity contribution in [1.29, 1.82) is 0 Å². The molecular formula is C15H32N2S. The Kier molecular flexibility index (Phi) is 7.66. The molecule has 3 unspecified atom stereocenters. The van der Waals surface area contributed by atoms with Crippen LogP contribution < -0.4 is 5.32 Å². The predicted octanol–water partition coefficient (Wildman–Crippen LogP) is 3.23. The lowest BCUT2D eigenvalue weighted by molar-refractivity contribution is 0.210. The van der Waals surface area contributed by atoms with E-state index in [0.29, 0.717) is 6.04 Å². The van der Waals surface area contributed by atoms with Gasteiger partial charge in [-0.25, -0.2) is 0 Å². The molecule has 0 aliphatic carbocycles. The SMILES string of the molecule is CC(C)CCC(C)NCCN1CCSC(C)C1C. The van der Waals surface area contributed by atoms with Gasteiger partial charge in [-0.05, 0) is 32.6 Å². The monoisotopic (exact) mass is 272 g/mol. The highest BCUT2D eigenvalue weighted by Gasteiger charge is 2.24. The fourth-order valence-corrected chi connectivity index (χ4v) is 3.61. The molecule has 1 aliphatic heterocycles. The number of hydrogen-bond acceptors (Lipinski definition) is 3. The molecule has 3 atom stereocenters. The summed E-state index contributed by atoms with van der Waals surface area (Å²) in [7, 11) is 0. The minimum absolute atomic E-state index is 0.666. The van der Waals surface area contributed by atoms with Crippen LogP contribution in [0.25, 0.3) is 0 Å². The van der Waals surface area contributed by atoms with E-state index < -0.39 is 0 Å². The summed E-state index contributed by atoms with van der Waals surface area (Å²) in [5.41, 5.74) is 0. The first-order chi connectivity index (χ1) is 8.50. The summed E-state index contributed by atoms with van der Waals surface area (Å²) in [4.78, 5) is 2.64. The Balaban J connectivity index is 2.13. The van der Waals surface area contributed by atoms with Crippen LogP contribution in [0, 0.1) is 5.92 Å². The van der Waals surface area contributed by atoms with E-state index >= 15 is 0 Å². The maximum atomic E-state index is 3.67. The van der Waals surface area contributed by atoms with Crippen LogP contribution in [-0.4, -0.2) is 47.6 Å². The molecule has 0 radical (unpaired) electrons. The van der Waals surface area contributed by atoms with Crippen LogP contribution in [0.5, 0.6) is 0 Å². The van der Waals surface area contributed by atoms with Gasteiger partial charge in [0.1, 0.15) is 0 Å². The van der Waals surface area contributed by atoms with Gasteiger partial charge in [-0.15, -0.1) is 0 Å².